The number of benzene rings is 2. The minimum atomic E-state index is -3.71. The van der Waals surface area contributed by atoms with E-state index in [2.05, 4.69) is 4.72 Å². The van der Waals surface area contributed by atoms with Gasteiger partial charge in [-0.2, -0.15) is 12.7 Å². The molecule has 5 nitrogen and oxygen atoms in total. The maximum Gasteiger partial charge on any atom is 0.301 e. The third-order valence-electron chi connectivity index (χ3n) is 2.98. The topological polar surface area (TPSA) is 66.5 Å². The molecule has 0 radical (unpaired) electrons. The minimum absolute atomic E-state index is 0.187. The standard InChI is InChI=1S/C15H15ClN2O3S/c1-18(2)22(20,21)17-14-9-8-12(16)10-13(14)15(19)11-6-4-3-5-7-11/h3-10,17H,1-2H3. The van der Waals surface area contributed by atoms with E-state index in [1.54, 1.807) is 30.3 Å². The lowest BCUT2D eigenvalue weighted by atomic mass is 10.0. The summed E-state index contributed by atoms with van der Waals surface area (Å²) in [4.78, 5) is 12.6. The Kier molecular flexibility index (Phi) is 4.85. The maximum absolute atomic E-state index is 12.6. The van der Waals surface area contributed by atoms with Gasteiger partial charge in [-0.15, -0.1) is 0 Å². The van der Waals surface area contributed by atoms with E-state index in [1.807, 2.05) is 0 Å². The summed E-state index contributed by atoms with van der Waals surface area (Å²) in [7, 11) is -0.915. The summed E-state index contributed by atoms with van der Waals surface area (Å²) in [6.07, 6.45) is 0. The molecule has 0 saturated heterocycles. The Hall–Kier alpha value is -1.89. The van der Waals surface area contributed by atoms with Crippen LogP contribution in [0.15, 0.2) is 48.5 Å². The van der Waals surface area contributed by atoms with Crippen LogP contribution < -0.4 is 4.72 Å². The van der Waals surface area contributed by atoms with Crippen molar-refractivity contribution in [2.75, 3.05) is 18.8 Å². The molecule has 22 heavy (non-hydrogen) atoms. The Balaban J connectivity index is 2.47. The first-order chi connectivity index (χ1) is 10.3. The zero-order chi connectivity index (χ0) is 16.3. The molecule has 0 atom stereocenters. The molecule has 0 heterocycles. The van der Waals surface area contributed by atoms with Crippen LogP contribution in [-0.4, -0.2) is 32.6 Å². The molecule has 1 N–H and O–H groups in total. The molecule has 0 unspecified atom stereocenters. The van der Waals surface area contributed by atoms with Crippen molar-refractivity contribution >= 4 is 33.3 Å². The first-order valence-electron chi connectivity index (χ1n) is 6.41. The van der Waals surface area contributed by atoms with Gasteiger partial charge in [0.15, 0.2) is 5.78 Å². The third kappa shape index (κ3) is 3.65. The van der Waals surface area contributed by atoms with Crippen LogP contribution in [0.4, 0.5) is 5.69 Å². The number of nitrogens with zero attached hydrogens (tertiary/aromatic N) is 1. The van der Waals surface area contributed by atoms with Crippen molar-refractivity contribution in [1.82, 2.24) is 4.31 Å². The summed E-state index contributed by atoms with van der Waals surface area (Å²) in [5.41, 5.74) is 0.839. The van der Waals surface area contributed by atoms with Crippen molar-refractivity contribution in [3.8, 4) is 0 Å². The highest BCUT2D eigenvalue weighted by Gasteiger charge is 2.19. The lowest BCUT2D eigenvalue weighted by Crippen LogP contribution is -2.29. The van der Waals surface area contributed by atoms with Crippen molar-refractivity contribution in [2.24, 2.45) is 0 Å². The molecule has 0 fully saturated rings. The van der Waals surface area contributed by atoms with Gasteiger partial charge in [-0.05, 0) is 18.2 Å². The first kappa shape index (κ1) is 16.5. The molecular formula is C15H15ClN2O3S. The molecule has 0 bridgehead atoms. The number of hydrogen-bond donors (Lipinski definition) is 1. The molecule has 2 aromatic carbocycles. The lowest BCUT2D eigenvalue weighted by molar-refractivity contribution is 0.103. The number of carbonyl (C=O) groups is 1. The highest BCUT2D eigenvalue weighted by Crippen LogP contribution is 2.24. The fourth-order valence-electron chi connectivity index (χ4n) is 1.77. The normalized spacial score (nSPS) is 11.5. The van der Waals surface area contributed by atoms with E-state index in [9.17, 15) is 13.2 Å². The van der Waals surface area contributed by atoms with Gasteiger partial charge in [0.2, 0.25) is 0 Å². The summed E-state index contributed by atoms with van der Waals surface area (Å²) in [6.45, 7) is 0. The fourth-order valence-corrected chi connectivity index (χ4v) is 2.58. The molecule has 0 amide bonds. The number of ketones is 1. The van der Waals surface area contributed by atoms with E-state index in [1.165, 1.54) is 32.3 Å². The largest absolute Gasteiger partial charge is 0.301 e. The van der Waals surface area contributed by atoms with Crippen LogP contribution in [0.5, 0.6) is 0 Å². The Morgan fingerprint density at radius 2 is 1.73 bits per heavy atom. The van der Waals surface area contributed by atoms with Crippen LogP contribution >= 0.6 is 11.6 Å². The van der Waals surface area contributed by atoms with Gasteiger partial charge in [-0.3, -0.25) is 9.52 Å². The summed E-state index contributed by atoms with van der Waals surface area (Å²) in [6, 6.07) is 13.0. The Morgan fingerprint density at radius 1 is 1.09 bits per heavy atom. The van der Waals surface area contributed by atoms with E-state index in [-0.39, 0.29) is 17.0 Å². The van der Waals surface area contributed by atoms with Crippen molar-refractivity contribution in [1.29, 1.82) is 0 Å². The second-order valence-electron chi connectivity index (χ2n) is 4.77. The smallest absolute Gasteiger partial charge is 0.289 e. The molecule has 0 aliphatic heterocycles. The van der Waals surface area contributed by atoms with Crippen LogP contribution in [0.1, 0.15) is 15.9 Å². The summed E-state index contributed by atoms with van der Waals surface area (Å²) < 4.78 is 27.3. The molecule has 7 heteroatoms. The summed E-state index contributed by atoms with van der Waals surface area (Å²) >= 11 is 5.94. The second-order valence-corrected chi connectivity index (χ2v) is 7.10. The average Bonchev–Trinajstić information content (AvgIpc) is 2.49. The van der Waals surface area contributed by atoms with Gasteiger partial charge in [0.05, 0.1) is 5.69 Å². The molecule has 116 valence electrons. The van der Waals surface area contributed by atoms with Gasteiger partial charge in [-0.1, -0.05) is 41.9 Å². The molecule has 0 aliphatic carbocycles. The van der Waals surface area contributed by atoms with Gasteiger partial charge >= 0.3 is 10.2 Å². The van der Waals surface area contributed by atoms with Gasteiger partial charge in [0, 0.05) is 30.2 Å². The quantitative estimate of drug-likeness (QED) is 0.852. The van der Waals surface area contributed by atoms with Gasteiger partial charge in [0.25, 0.3) is 0 Å². The molecule has 0 saturated carbocycles. The zero-order valence-corrected chi connectivity index (χ0v) is 13.6. The van der Waals surface area contributed by atoms with E-state index >= 15 is 0 Å². The number of halogens is 1. The van der Waals surface area contributed by atoms with Crippen LogP contribution in [0, 0.1) is 0 Å². The monoisotopic (exact) mass is 338 g/mol. The number of anilines is 1. The van der Waals surface area contributed by atoms with Crippen molar-refractivity contribution in [3.63, 3.8) is 0 Å². The zero-order valence-electron chi connectivity index (χ0n) is 12.1. The van der Waals surface area contributed by atoms with Gasteiger partial charge in [0.1, 0.15) is 0 Å². The van der Waals surface area contributed by atoms with Crippen molar-refractivity contribution < 1.29 is 13.2 Å². The summed E-state index contributed by atoms with van der Waals surface area (Å²) in [5.74, 6) is -0.306. The molecule has 0 aliphatic rings. The molecule has 0 aromatic heterocycles. The van der Waals surface area contributed by atoms with E-state index < -0.39 is 10.2 Å². The van der Waals surface area contributed by atoms with E-state index in [0.717, 1.165) is 4.31 Å². The molecule has 2 aromatic rings. The van der Waals surface area contributed by atoms with E-state index in [0.29, 0.717) is 10.6 Å². The average molecular weight is 339 g/mol. The SMILES string of the molecule is CN(C)S(=O)(=O)Nc1ccc(Cl)cc1C(=O)c1ccccc1. The number of carbonyl (C=O) groups excluding carboxylic acids is 1. The van der Waals surface area contributed by atoms with Crippen molar-refractivity contribution in [2.45, 2.75) is 0 Å². The van der Waals surface area contributed by atoms with Gasteiger partial charge in [-0.25, -0.2) is 0 Å². The van der Waals surface area contributed by atoms with E-state index in [4.69, 9.17) is 11.6 Å². The Labute approximate surface area is 134 Å². The van der Waals surface area contributed by atoms with Crippen LogP contribution in [-0.2, 0) is 10.2 Å². The Morgan fingerprint density at radius 3 is 2.32 bits per heavy atom. The second kappa shape index (κ2) is 6.48. The number of hydrogen-bond acceptors (Lipinski definition) is 3. The van der Waals surface area contributed by atoms with Crippen molar-refractivity contribution in [3.05, 3.63) is 64.7 Å². The van der Waals surface area contributed by atoms with Crippen LogP contribution in [0.3, 0.4) is 0 Å². The first-order valence-corrected chi connectivity index (χ1v) is 8.22. The molecule has 0 spiro atoms. The number of rotatable bonds is 5. The molecule has 2 rings (SSSR count). The molecular weight excluding hydrogens is 324 g/mol. The van der Waals surface area contributed by atoms with Crippen LogP contribution in [0.2, 0.25) is 5.02 Å². The minimum Gasteiger partial charge on any atom is -0.289 e. The highest BCUT2D eigenvalue weighted by atomic mass is 35.5. The lowest BCUT2D eigenvalue weighted by Gasteiger charge is -2.16. The predicted octanol–water partition coefficient (Wildman–Crippen LogP) is 2.79. The third-order valence-corrected chi connectivity index (χ3v) is 4.66. The van der Waals surface area contributed by atoms with Gasteiger partial charge < -0.3 is 0 Å². The summed E-state index contributed by atoms with van der Waals surface area (Å²) in [5, 5.41) is 0.354. The maximum atomic E-state index is 12.6. The number of nitrogens with one attached hydrogen (secondary N) is 1. The Bertz CT molecular complexity index is 790. The van der Waals surface area contributed by atoms with Crippen LogP contribution in [0.25, 0.3) is 0 Å². The highest BCUT2D eigenvalue weighted by molar-refractivity contribution is 7.90. The predicted molar refractivity (Wildman–Crippen MR) is 87.6 cm³/mol. The fraction of sp³-hybridized carbons (Fsp3) is 0.133.